The third kappa shape index (κ3) is 3.51. The second-order valence-electron chi connectivity index (χ2n) is 5.05. The summed E-state index contributed by atoms with van der Waals surface area (Å²) in [5.74, 6) is -1.32. The SMILES string of the molecule is N#CC(NC1CCCCCC1)c1c(F)cccc1F. The summed E-state index contributed by atoms with van der Waals surface area (Å²) in [6, 6.07) is 4.93. The minimum absolute atomic E-state index is 0.158. The quantitative estimate of drug-likeness (QED) is 0.842. The van der Waals surface area contributed by atoms with Crippen molar-refractivity contribution in [2.45, 2.75) is 50.6 Å². The van der Waals surface area contributed by atoms with E-state index in [2.05, 4.69) is 5.32 Å². The Bertz CT molecular complexity index is 439. The molecule has 19 heavy (non-hydrogen) atoms. The maximum absolute atomic E-state index is 13.7. The van der Waals surface area contributed by atoms with Gasteiger partial charge in [0.05, 0.1) is 11.6 Å². The fourth-order valence-corrected chi connectivity index (χ4v) is 2.65. The van der Waals surface area contributed by atoms with Crippen LogP contribution in [0.5, 0.6) is 0 Å². The first-order valence-corrected chi connectivity index (χ1v) is 6.82. The van der Waals surface area contributed by atoms with Crippen LogP contribution >= 0.6 is 0 Å². The summed E-state index contributed by atoms with van der Waals surface area (Å²) in [6.07, 6.45) is 6.54. The second kappa shape index (κ2) is 6.63. The highest BCUT2D eigenvalue weighted by atomic mass is 19.1. The van der Waals surface area contributed by atoms with Crippen LogP contribution in [0, 0.1) is 23.0 Å². The molecule has 0 radical (unpaired) electrons. The van der Waals surface area contributed by atoms with Gasteiger partial charge in [-0.25, -0.2) is 8.78 Å². The molecule has 4 heteroatoms. The van der Waals surface area contributed by atoms with Crippen LogP contribution in [0.15, 0.2) is 18.2 Å². The number of hydrogen-bond donors (Lipinski definition) is 1. The standard InChI is InChI=1S/C15H18F2N2/c16-12-8-5-9-13(17)15(12)14(10-18)19-11-6-3-1-2-4-7-11/h5,8-9,11,14,19H,1-4,6-7H2. The third-order valence-electron chi connectivity index (χ3n) is 3.68. The Balaban J connectivity index is 2.14. The van der Waals surface area contributed by atoms with Crippen molar-refractivity contribution in [3.63, 3.8) is 0 Å². The maximum atomic E-state index is 13.7. The summed E-state index contributed by atoms with van der Waals surface area (Å²) < 4.78 is 27.4. The normalized spacial score (nSPS) is 18.6. The highest BCUT2D eigenvalue weighted by Crippen LogP contribution is 2.24. The first kappa shape index (κ1) is 14.0. The highest BCUT2D eigenvalue weighted by molar-refractivity contribution is 5.27. The Labute approximate surface area is 112 Å². The average Bonchev–Trinajstić information content (AvgIpc) is 2.65. The number of hydrogen-bond acceptors (Lipinski definition) is 2. The van der Waals surface area contributed by atoms with Crippen LogP contribution in [-0.4, -0.2) is 6.04 Å². The predicted octanol–water partition coefficient (Wildman–Crippen LogP) is 3.84. The Morgan fingerprint density at radius 3 is 2.21 bits per heavy atom. The first-order valence-electron chi connectivity index (χ1n) is 6.82. The van der Waals surface area contributed by atoms with Crippen LogP contribution in [0.25, 0.3) is 0 Å². The zero-order valence-corrected chi connectivity index (χ0v) is 10.8. The summed E-state index contributed by atoms with van der Waals surface area (Å²) in [5, 5.41) is 12.3. The van der Waals surface area contributed by atoms with Gasteiger partial charge in [0.2, 0.25) is 0 Å². The lowest BCUT2D eigenvalue weighted by atomic mass is 10.0. The fourth-order valence-electron chi connectivity index (χ4n) is 2.65. The lowest BCUT2D eigenvalue weighted by Gasteiger charge is -2.21. The highest BCUT2D eigenvalue weighted by Gasteiger charge is 2.23. The average molecular weight is 264 g/mol. The van der Waals surface area contributed by atoms with E-state index in [9.17, 15) is 14.0 Å². The Kier molecular flexibility index (Phi) is 4.86. The zero-order chi connectivity index (χ0) is 13.7. The van der Waals surface area contributed by atoms with Gasteiger partial charge in [0.1, 0.15) is 17.7 Å². The topological polar surface area (TPSA) is 35.8 Å². The lowest BCUT2D eigenvalue weighted by molar-refractivity contribution is 0.418. The maximum Gasteiger partial charge on any atom is 0.131 e. The van der Waals surface area contributed by atoms with Crippen molar-refractivity contribution in [3.8, 4) is 6.07 Å². The molecule has 1 saturated carbocycles. The molecule has 1 aliphatic carbocycles. The Morgan fingerprint density at radius 2 is 1.68 bits per heavy atom. The van der Waals surface area contributed by atoms with E-state index in [-0.39, 0.29) is 11.6 Å². The molecule has 0 aliphatic heterocycles. The molecule has 2 rings (SSSR count). The summed E-state index contributed by atoms with van der Waals surface area (Å²) in [5.41, 5.74) is -0.158. The van der Waals surface area contributed by atoms with E-state index in [1.807, 2.05) is 6.07 Å². The number of nitrogens with one attached hydrogen (secondary N) is 1. The first-order chi connectivity index (χ1) is 9.22. The van der Waals surface area contributed by atoms with Gasteiger partial charge in [-0.05, 0) is 25.0 Å². The number of benzene rings is 1. The van der Waals surface area contributed by atoms with Crippen molar-refractivity contribution in [1.29, 1.82) is 5.26 Å². The monoisotopic (exact) mass is 264 g/mol. The van der Waals surface area contributed by atoms with Crippen molar-refractivity contribution < 1.29 is 8.78 Å². The van der Waals surface area contributed by atoms with Crippen LogP contribution in [0.1, 0.15) is 50.1 Å². The zero-order valence-electron chi connectivity index (χ0n) is 10.8. The second-order valence-corrected chi connectivity index (χ2v) is 5.05. The van der Waals surface area contributed by atoms with Crippen LogP contribution < -0.4 is 5.32 Å². The van der Waals surface area contributed by atoms with E-state index in [4.69, 9.17) is 0 Å². The number of nitrogens with zero attached hydrogens (tertiary/aromatic N) is 1. The van der Waals surface area contributed by atoms with E-state index in [0.29, 0.717) is 0 Å². The van der Waals surface area contributed by atoms with Crippen molar-refractivity contribution in [2.24, 2.45) is 0 Å². The molecule has 0 spiro atoms. The van der Waals surface area contributed by atoms with Gasteiger partial charge in [-0.2, -0.15) is 5.26 Å². The third-order valence-corrected chi connectivity index (χ3v) is 3.68. The van der Waals surface area contributed by atoms with Crippen molar-refractivity contribution in [1.82, 2.24) is 5.32 Å². The van der Waals surface area contributed by atoms with Gasteiger partial charge in [0.25, 0.3) is 0 Å². The molecule has 2 nitrogen and oxygen atoms in total. The van der Waals surface area contributed by atoms with E-state index in [1.165, 1.54) is 31.0 Å². The van der Waals surface area contributed by atoms with Crippen LogP contribution in [0.3, 0.4) is 0 Å². The van der Waals surface area contributed by atoms with Crippen molar-refractivity contribution >= 4 is 0 Å². The molecule has 0 saturated heterocycles. The number of nitriles is 1. The fraction of sp³-hybridized carbons (Fsp3) is 0.533. The molecule has 1 aromatic rings. The van der Waals surface area contributed by atoms with Gasteiger partial charge < -0.3 is 0 Å². The van der Waals surface area contributed by atoms with Gasteiger partial charge in [0, 0.05) is 6.04 Å². The molecular weight excluding hydrogens is 246 g/mol. The van der Waals surface area contributed by atoms with Crippen LogP contribution in [0.4, 0.5) is 8.78 Å². The molecular formula is C15H18F2N2. The van der Waals surface area contributed by atoms with Crippen molar-refractivity contribution in [3.05, 3.63) is 35.4 Å². The minimum Gasteiger partial charge on any atom is -0.295 e. The van der Waals surface area contributed by atoms with Gasteiger partial charge in [-0.3, -0.25) is 5.32 Å². The van der Waals surface area contributed by atoms with Crippen molar-refractivity contribution in [2.75, 3.05) is 0 Å². The summed E-state index contributed by atoms with van der Waals surface area (Å²) in [6.45, 7) is 0. The van der Waals surface area contributed by atoms with E-state index in [1.54, 1.807) is 0 Å². The Morgan fingerprint density at radius 1 is 1.11 bits per heavy atom. The van der Waals surface area contributed by atoms with Crippen LogP contribution in [-0.2, 0) is 0 Å². The number of halogens is 2. The summed E-state index contributed by atoms with van der Waals surface area (Å²) >= 11 is 0. The molecule has 0 heterocycles. The van der Waals surface area contributed by atoms with Gasteiger partial charge in [-0.1, -0.05) is 31.7 Å². The summed E-state index contributed by atoms with van der Waals surface area (Å²) in [4.78, 5) is 0. The smallest absolute Gasteiger partial charge is 0.131 e. The largest absolute Gasteiger partial charge is 0.295 e. The molecule has 1 unspecified atom stereocenters. The molecule has 1 aliphatic rings. The predicted molar refractivity (Wildman–Crippen MR) is 69.3 cm³/mol. The molecule has 102 valence electrons. The van der Waals surface area contributed by atoms with E-state index < -0.39 is 17.7 Å². The Hall–Kier alpha value is -1.47. The molecule has 0 bridgehead atoms. The van der Waals surface area contributed by atoms with Gasteiger partial charge in [-0.15, -0.1) is 0 Å². The minimum atomic E-state index is -0.913. The van der Waals surface area contributed by atoms with Gasteiger partial charge in [0.15, 0.2) is 0 Å². The molecule has 0 aromatic heterocycles. The molecule has 1 aromatic carbocycles. The van der Waals surface area contributed by atoms with Crippen LogP contribution in [0.2, 0.25) is 0 Å². The number of rotatable bonds is 3. The van der Waals surface area contributed by atoms with Gasteiger partial charge >= 0.3 is 0 Å². The van der Waals surface area contributed by atoms with E-state index in [0.717, 1.165) is 25.7 Å². The lowest BCUT2D eigenvalue weighted by Crippen LogP contribution is -2.32. The molecule has 1 fully saturated rings. The summed E-state index contributed by atoms with van der Waals surface area (Å²) in [7, 11) is 0. The molecule has 1 N–H and O–H groups in total. The van der Waals surface area contributed by atoms with E-state index >= 15 is 0 Å². The molecule has 0 amide bonds. The molecule has 1 atom stereocenters.